The van der Waals surface area contributed by atoms with Crippen LogP contribution < -0.4 is 0 Å². The number of esters is 1. The molecular formula is C12H18O8. The highest BCUT2D eigenvalue weighted by molar-refractivity contribution is 5.73. The predicted octanol–water partition coefficient (Wildman–Crippen LogP) is 2.47. The molecule has 20 heavy (non-hydrogen) atoms. The minimum Gasteiger partial charge on any atom is -0.435 e. The Hall–Kier alpha value is -2.25. The summed E-state index contributed by atoms with van der Waals surface area (Å²) in [5.41, 5.74) is 0. The second-order valence-corrected chi connectivity index (χ2v) is 4.07. The summed E-state index contributed by atoms with van der Waals surface area (Å²) in [7, 11) is 0. The summed E-state index contributed by atoms with van der Waals surface area (Å²) in [6.45, 7) is 6.53. The second kappa shape index (κ2) is 9.65. The molecule has 0 aromatic carbocycles. The third-order valence-electron chi connectivity index (χ3n) is 1.42. The molecule has 0 aromatic rings. The fourth-order valence-corrected chi connectivity index (χ4v) is 0.809. The van der Waals surface area contributed by atoms with Gasteiger partial charge in [0.25, 0.3) is 0 Å². The predicted molar refractivity (Wildman–Crippen MR) is 65.3 cm³/mol. The smallest absolute Gasteiger partial charge is 0.435 e. The third kappa shape index (κ3) is 10.9. The number of rotatable bonds is 2. The summed E-state index contributed by atoms with van der Waals surface area (Å²) in [6.07, 6.45) is 0.686. The molecule has 0 saturated carbocycles. The Bertz CT molecular complexity index is 326. The van der Waals surface area contributed by atoms with Gasteiger partial charge in [0.15, 0.2) is 0 Å². The summed E-state index contributed by atoms with van der Waals surface area (Å²) in [5, 5.41) is 0. The van der Waals surface area contributed by atoms with E-state index >= 15 is 0 Å². The first-order chi connectivity index (χ1) is 9.31. The third-order valence-corrected chi connectivity index (χ3v) is 1.42. The fraction of sp³-hybridized carbons (Fsp3) is 0.583. The average Bonchev–Trinajstić information content (AvgIpc) is 2.77. The van der Waals surface area contributed by atoms with Gasteiger partial charge in [0.1, 0.15) is 0 Å². The van der Waals surface area contributed by atoms with E-state index in [-0.39, 0.29) is 18.2 Å². The van der Waals surface area contributed by atoms with Gasteiger partial charge < -0.3 is 14.2 Å². The summed E-state index contributed by atoms with van der Waals surface area (Å²) in [6, 6.07) is 0. The monoisotopic (exact) mass is 290 g/mol. The molecule has 8 nitrogen and oxygen atoms in total. The van der Waals surface area contributed by atoms with Crippen LogP contribution in [0.5, 0.6) is 0 Å². The van der Waals surface area contributed by atoms with Gasteiger partial charge in [0.05, 0.1) is 24.9 Å². The first-order valence-corrected chi connectivity index (χ1v) is 5.91. The minimum absolute atomic E-state index is 0.157. The van der Waals surface area contributed by atoms with Crippen LogP contribution in [-0.4, -0.2) is 30.5 Å². The quantitative estimate of drug-likeness (QED) is 0.331. The maximum absolute atomic E-state index is 10.7. The minimum atomic E-state index is -1.08. The number of carbonyl (C=O) groups excluding carboxylic acids is 3. The van der Waals surface area contributed by atoms with Gasteiger partial charge in [-0.15, -0.1) is 0 Å². The molecule has 0 aliphatic carbocycles. The molecule has 8 heteroatoms. The van der Waals surface area contributed by atoms with Crippen molar-refractivity contribution in [3.05, 3.63) is 12.3 Å². The largest absolute Gasteiger partial charge is 0.550 e. The first-order valence-electron chi connectivity index (χ1n) is 5.91. The van der Waals surface area contributed by atoms with Gasteiger partial charge in [0.2, 0.25) is 0 Å². The Morgan fingerprint density at radius 1 is 1.05 bits per heavy atom. The molecule has 0 fully saturated rings. The Morgan fingerprint density at radius 3 is 1.70 bits per heavy atom. The van der Waals surface area contributed by atoms with Crippen molar-refractivity contribution in [2.45, 2.75) is 46.3 Å². The van der Waals surface area contributed by atoms with Crippen LogP contribution in [-0.2, 0) is 28.8 Å². The number of carbonyl (C=O) groups is 3. The van der Waals surface area contributed by atoms with Crippen LogP contribution in [0, 0.1) is 0 Å². The Morgan fingerprint density at radius 2 is 1.50 bits per heavy atom. The van der Waals surface area contributed by atoms with Gasteiger partial charge >= 0.3 is 18.3 Å². The van der Waals surface area contributed by atoms with Crippen LogP contribution in [0.2, 0.25) is 0 Å². The lowest BCUT2D eigenvalue weighted by Gasteiger charge is -2.08. The number of hydrogen-bond acceptors (Lipinski definition) is 8. The molecule has 1 aliphatic rings. The van der Waals surface area contributed by atoms with Gasteiger partial charge in [-0.25, -0.2) is 0 Å². The average molecular weight is 290 g/mol. The van der Waals surface area contributed by atoms with Gasteiger partial charge in [-0.2, -0.15) is 19.4 Å². The highest BCUT2D eigenvalue weighted by atomic mass is 17.3. The molecule has 1 rings (SSSR count). The second-order valence-electron chi connectivity index (χ2n) is 4.07. The van der Waals surface area contributed by atoms with Crippen molar-refractivity contribution in [3.8, 4) is 0 Å². The summed E-state index contributed by atoms with van der Waals surface area (Å²) >= 11 is 0. The molecular weight excluding hydrogens is 272 g/mol. The van der Waals surface area contributed by atoms with E-state index < -0.39 is 12.3 Å². The molecule has 1 heterocycles. The summed E-state index contributed by atoms with van der Waals surface area (Å²) in [5.74, 6) is -0.157. The van der Waals surface area contributed by atoms with E-state index in [2.05, 4.69) is 24.0 Å². The number of hydrogen-bond donors (Lipinski definition) is 0. The highest BCUT2D eigenvalue weighted by Crippen LogP contribution is 1.97. The van der Waals surface area contributed by atoms with Gasteiger partial charge in [-0.1, -0.05) is 0 Å². The molecule has 0 N–H and O–H groups in total. The molecule has 0 atom stereocenters. The molecule has 0 spiro atoms. The normalized spacial score (nSPS) is 12.4. The first kappa shape index (κ1) is 17.8. The molecule has 1 aliphatic heterocycles. The van der Waals surface area contributed by atoms with Crippen LogP contribution in [0.25, 0.3) is 0 Å². The molecule has 0 aromatic heterocycles. The highest BCUT2D eigenvalue weighted by Gasteiger charge is 2.14. The van der Waals surface area contributed by atoms with Crippen molar-refractivity contribution in [2.75, 3.05) is 0 Å². The van der Waals surface area contributed by atoms with Crippen molar-refractivity contribution < 1.29 is 38.4 Å². The van der Waals surface area contributed by atoms with E-state index in [1.54, 1.807) is 33.8 Å². The standard InChI is InChI=1S/C8H14O6.C4H4O2/c1-5(2)11-7(9)13-14-8(10)12-6(3)4;5-4-2-1-3-6-4/h5-6H,1-4H3;1,3H,2H2. The SMILES string of the molecule is CC(C)OC(=O)OOC(=O)OC(C)C.O=C1CC=CO1. The molecule has 0 saturated heterocycles. The summed E-state index contributed by atoms with van der Waals surface area (Å²) in [4.78, 5) is 39.3. The van der Waals surface area contributed by atoms with Crippen LogP contribution in [0.15, 0.2) is 12.3 Å². The van der Waals surface area contributed by atoms with Crippen LogP contribution in [0.4, 0.5) is 9.59 Å². The van der Waals surface area contributed by atoms with E-state index in [4.69, 9.17) is 0 Å². The van der Waals surface area contributed by atoms with Crippen molar-refractivity contribution in [1.82, 2.24) is 0 Å². The van der Waals surface area contributed by atoms with Crippen LogP contribution in [0.1, 0.15) is 34.1 Å². The van der Waals surface area contributed by atoms with Gasteiger partial charge in [0, 0.05) is 0 Å². The topological polar surface area (TPSA) is 97.4 Å². The lowest BCUT2D eigenvalue weighted by Crippen LogP contribution is -2.18. The van der Waals surface area contributed by atoms with E-state index in [1.807, 2.05) is 0 Å². The van der Waals surface area contributed by atoms with E-state index in [1.165, 1.54) is 6.26 Å². The number of cyclic esters (lactones) is 1. The van der Waals surface area contributed by atoms with Crippen molar-refractivity contribution >= 4 is 18.3 Å². The van der Waals surface area contributed by atoms with E-state index in [0.717, 1.165) is 0 Å². The Balaban J connectivity index is 0.000000493. The summed E-state index contributed by atoms with van der Waals surface area (Å²) < 4.78 is 13.4. The zero-order chi connectivity index (χ0) is 15.5. The van der Waals surface area contributed by atoms with Gasteiger partial charge in [-0.05, 0) is 33.8 Å². The molecule has 0 unspecified atom stereocenters. The molecule has 0 amide bonds. The maximum Gasteiger partial charge on any atom is 0.550 e. The fourth-order valence-electron chi connectivity index (χ4n) is 0.809. The molecule has 114 valence electrons. The zero-order valence-corrected chi connectivity index (χ0v) is 11.8. The van der Waals surface area contributed by atoms with Crippen molar-refractivity contribution in [2.24, 2.45) is 0 Å². The number of ether oxygens (including phenoxy) is 3. The lowest BCUT2D eigenvalue weighted by atomic mass is 10.5. The van der Waals surface area contributed by atoms with Crippen LogP contribution >= 0.6 is 0 Å². The Labute approximate surface area is 116 Å². The van der Waals surface area contributed by atoms with E-state index in [0.29, 0.717) is 6.42 Å². The zero-order valence-electron chi connectivity index (χ0n) is 11.8. The Kier molecular flexibility index (Phi) is 8.56. The maximum atomic E-state index is 10.7. The van der Waals surface area contributed by atoms with Gasteiger partial charge in [-0.3, -0.25) is 4.79 Å². The lowest BCUT2D eigenvalue weighted by molar-refractivity contribution is -0.222. The van der Waals surface area contributed by atoms with Crippen molar-refractivity contribution in [1.29, 1.82) is 0 Å². The molecule has 0 radical (unpaired) electrons. The van der Waals surface area contributed by atoms with E-state index in [9.17, 15) is 14.4 Å². The van der Waals surface area contributed by atoms with Crippen molar-refractivity contribution in [3.63, 3.8) is 0 Å². The van der Waals surface area contributed by atoms with Crippen LogP contribution in [0.3, 0.4) is 0 Å². The molecule has 0 bridgehead atoms.